The second-order valence-electron chi connectivity index (χ2n) is 9.28. The number of ether oxygens (including phenoxy) is 2. The zero-order valence-corrected chi connectivity index (χ0v) is 20.8. The van der Waals surface area contributed by atoms with E-state index < -0.39 is 5.97 Å². The lowest BCUT2D eigenvalue weighted by atomic mass is 9.95. The van der Waals surface area contributed by atoms with Crippen LogP contribution in [0.3, 0.4) is 0 Å². The second kappa shape index (κ2) is 9.93. The number of fused-ring (bicyclic) bond motifs is 2. The third kappa shape index (κ3) is 4.37. The Kier molecular flexibility index (Phi) is 6.55. The van der Waals surface area contributed by atoms with Crippen molar-refractivity contribution in [2.45, 2.75) is 45.3 Å². The first-order valence-corrected chi connectivity index (χ1v) is 12.5. The molecule has 1 aromatic heterocycles. The van der Waals surface area contributed by atoms with Gasteiger partial charge in [0.2, 0.25) is 0 Å². The standard InChI is InChI=1S/C29H32N4O3/c1-3-35-28(34)27-23-15-22(21-14-8-10-18-9-4-7-13-20(18)21)26(36-19-11-5-6-12-19)16-24(23)33(2)25(27)17-32-29(30)31/h4,7-10,13-16,19H,3,5-6,11-12,17H2,1-2H3,(H4,30,31,32). The first-order valence-electron chi connectivity index (χ1n) is 12.5. The van der Waals surface area contributed by atoms with Crippen LogP contribution in [0.15, 0.2) is 54.6 Å². The maximum Gasteiger partial charge on any atom is 0.340 e. The van der Waals surface area contributed by atoms with Crippen molar-refractivity contribution in [2.75, 3.05) is 6.61 Å². The van der Waals surface area contributed by atoms with Crippen LogP contribution in [0, 0.1) is 5.41 Å². The van der Waals surface area contributed by atoms with Gasteiger partial charge in [-0.3, -0.25) is 5.41 Å². The molecule has 3 aromatic carbocycles. The van der Waals surface area contributed by atoms with Gasteiger partial charge in [0.05, 0.1) is 36.0 Å². The lowest BCUT2D eigenvalue weighted by molar-refractivity contribution is 0.0527. The highest BCUT2D eigenvalue weighted by atomic mass is 16.5. The molecule has 0 unspecified atom stereocenters. The van der Waals surface area contributed by atoms with Crippen molar-refractivity contribution in [2.24, 2.45) is 12.8 Å². The van der Waals surface area contributed by atoms with Crippen LogP contribution in [0.4, 0.5) is 0 Å². The monoisotopic (exact) mass is 484 g/mol. The number of carbonyl (C=O) groups is 1. The van der Waals surface area contributed by atoms with Gasteiger partial charge in [0.25, 0.3) is 0 Å². The summed E-state index contributed by atoms with van der Waals surface area (Å²) in [6, 6.07) is 18.7. The van der Waals surface area contributed by atoms with E-state index >= 15 is 0 Å². The number of nitrogens with zero attached hydrogens (tertiary/aromatic N) is 1. The number of carbonyl (C=O) groups excluding carboxylic acids is 1. The van der Waals surface area contributed by atoms with E-state index in [1.54, 1.807) is 6.92 Å². The van der Waals surface area contributed by atoms with E-state index in [1.807, 2.05) is 29.8 Å². The van der Waals surface area contributed by atoms with Crippen molar-refractivity contribution in [1.29, 1.82) is 5.41 Å². The fourth-order valence-corrected chi connectivity index (χ4v) is 5.29. The number of rotatable bonds is 7. The van der Waals surface area contributed by atoms with Gasteiger partial charge >= 0.3 is 5.97 Å². The Morgan fingerprint density at radius 2 is 1.83 bits per heavy atom. The summed E-state index contributed by atoms with van der Waals surface area (Å²) in [4.78, 5) is 13.2. The molecule has 0 spiro atoms. The van der Waals surface area contributed by atoms with Gasteiger partial charge in [0.1, 0.15) is 5.75 Å². The maximum absolute atomic E-state index is 13.2. The molecule has 4 N–H and O–H groups in total. The minimum atomic E-state index is -0.392. The van der Waals surface area contributed by atoms with Gasteiger partial charge in [-0.1, -0.05) is 42.5 Å². The molecule has 0 radical (unpaired) electrons. The molecular formula is C29H32N4O3. The predicted molar refractivity (Wildman–Crippen MR) is 143 cm³/mol. The molecule has 1 heterocycles. The van der Waals surface area contributed by atoms with Crippen LogP contribution in [0.1, 0.15) is 48.7 Å². The number of aromatic nitrogens is 1. The molecule has 0 bridgehead atoms. The van der Waals surface area contributed by atoms with E-state index in [2.05, 4.69) is 41.7 Å². The molecule has 0 saturated heterocycles. The average molecular weight is 485 g/mol. The molecule has 4 aromatic rings. The fraction of sp³-hybridized carbons (Fsp3) is 0.310. The lowest BCUT2D eigenvalue weighted by Gasteiger charge is -2.18. The number of nitrogens with one attached hydrogen (secondary N) is 2. The number of esters is 1. The lowest BCUT2D eigenvalue weighted by Crippen LogP contribution is -2.31. The number of guanidine groups is 1. The minimum Gasteiger partial charge on any atom is -0.490 e. The molecular weight excluding hydrogens is 452 g/mol. The Morgan fingerprint density at radius 1 is 1.08 bits per heavy atom. The molecule has 5 rings (SSSR count). The van der Waals surface area contributed by atoms with Crippen LogP contribution < -0.4 is 15.8 Å². The largest absolute Gasteiger partial charge is 0.490 e. The second-order valence-corrected chi connectivity index (χ2v) is 9.28. The van der Waals surface area contributed by atoms with Crippen LogP contribution in [-0.2, 0) is 18.3 Å². The average Bonchev–Trinajstić information content (AvgIpc) is 3.48. The van der Waals surface area contributed by atoms with Crippen LogP contribution in [0.25, 0.3) is 32.8 Å². The van der Waals surface area contributed by atoms with E-state index in [0.29, 0.717) is 11.3 Å². The molecule has 0 aliphatic heterocycles. The van der Waals surface area contributed by atoms with Crippen molar-refractivity contribution in [3.63, 3.8) is 0 Å². The summed E-state index contributed by atoms with van der Waals surface area (Å²) < 4.78 is 14.0. The smallest absolute Gasteiger partial charge is 0.340 e. The highest BCUT2D eigenvalue weighted by Gasteiger charge is 2.26. The number of hydrogen-bond acceptors (Lipinski definition) is 4. The number of benzene rings is 3. The molecule has 1 fully saturated rings. The third-order valence-corrected chi connectivity index (χ3v) is 7.02. The Bertz CT molecular complexity index is 1440. The van der Waals surface area contributed by atoms with Crippen LogP contribution >= 0.6 is 0 Å². The van der Waals surface area contributed by atoms with E-state index in [-0.39, 0.29) is 25.2 Å². The number of aryl methyl sites for hydroxylation is 1. The molecule has 186 valence electrons. The molecule has 1 aliphatic carbocycles. The van der Waals surface area contributed by atoms with Gasteiger partial charge in [-0.25, -0.2) is 4.79 Å². The van der Waals surface area contributed by atoms with Gasteiger partial charge in [0.15, 0.2) is 5.96 Å². The summed E-state index contributed by atoms with van der Waals surface area (Å²) in [5, 5.41) is 13.5. The van der Waals surface area contributed by atoms with Crippen molar-refractivity contribution >= 4 is 33.6 Å². The van der Waals surface area contributed by atoms with E-state index in [0.717, 1.165) is 51.4 Å². The van der Waals surface area contributed by atoms with Gasteiger partial charge < -0.3 is 25.1 Å². The molecule has 0 amide bonds. The van der Waals surface area contributed by atoms with Gasteiger partial charge in [-0.15, -0.1) is 0 Å². The molecule has 1 aliphatic rings. The summed E-state index contributed by atoms with van der Waals surface area (Å²) in [6.07, 6.45) is 4.62. The zero-order valence-electron chi connectivity index (χ0n) is 20.8. The normalized spacial score (nSPS) is 13.8. The first kappa shape index (κ1) is 23.7. The van der Waals surface area contributed by atoms with Gasteiger partial charge in [-0.05, 0) is 55.0 Å². The SMILES string of the molecule is CCOC(=O)c1c(CNC(=N)N)n(C)c2cc(OC3CCCC3)c(-c3cccc4ccccc34)cc12. The minimum absolute atomic E-state index is 0.156. The third-order valence-electron chi connectivity index (χ3n) is 7.02. The fourth-order valence-electron chi connectivity index (χ4n) is 5.29. The molecule has 1 saturated carbocycles. The van der Waals surface area contributed by atoms with Crippen molar-refractivity contribution in [3.8, 4) is 16.9 Å². The van der Waals surface area contributed by atoms with Crippen molar-refractivity contribution in [1.82, 2.24) is 9.88 Å². The molecule has 7 nitrogen and oxygen atoms in total. The zero-order chi connectivity index (χ0) is 25.2. The number of hydrogen-bond donors (Lipinski definition) is 3. The van der Waals surface area contributed by atoms with Crippen molar-refractivity contribution < 1.29 is 14.3 Å². The van der Waals surface area contributed by atoms with E-state index in [1.165, 1.54) is 12.8 Å². The topological polar surface area (TPSA) is 102 Å². The summed E-state index contributed by atoms with van der Waals surface area (Å²) in [6.45, 7) is 2.30. The highest BCUT2D eigenvalue weighted by Crippen LogP contribution is 2.41. The predicted octanol–water partition coefficient (Wildman–Crippen LogP) is 5.48. The van der Waals surface area contributed by atoms with Crippen LogP contribution in [0.5, 0.6) is 5.75 Å². The molecule has 7 heteroatoms. The van der Waals surface area contributed by atoms with E-state index in [9.17, 15) is 4.79 Å². The maximum atomic E-state index is 13.2. The number of nitrogens with two attached hydrogens (primary N) is 1. The van der Waals surface area contributed by atoms with Crippen LogP contribution in [-0.4, -0.2) is 29.2 Å². The summed E-state index contributed by atoms with van der Waals surface area (Å²) in [5.41, 5.74) is 9.64. The summed E-state index contributed by atoms with van der Waals surface area (Å²) >= 11 is 0. The Balaban J connectivity index is 1.77. The summed E-state index contributed by atoms with van der Waals surface area (Å²) in [5.74, 6) is 0.265. The molecule has 36 heavy (non-hydrogen) atoms. The van der Waals surface area contributed by atoms with Crippen LogP contribution in [0.2, 0.25) is 0 Å². The molecule has 0 atom stereocenters. The van der Waals surface area contributed by atoms with Gasteiger partial charge in [0, 0.05) is 24.1 Å². The Labute approximate surface area is 210 Å². The first-order chi connectivity index (χ1) is 17.5. The van der Waals surface area contributed by atoms with Gasteiger partial charge in [-0.2, -0.15) is 0 Å². The summed E-state index contributed by atoms with van der Waals surface area (Å²) in [7, 11) is 1.92. The Hall–Kier alpha value is -4.00. The highest BCUT2D eigenvalue weighted by molar-refractivity contribution is 6.09. The Morgan fingerprint density at radius 3 is 2.58 bits per heavy atom. The quantitative estimate of drug-likeness (QED) is 0.183. The van der Waals surface area contributed by atoms with E-state index in [4.69, 9.17) is 20.6 Å². The van der Waals surface area contributed by atoms with Crippen molar-refractivity contribution in [3.05, 3.63) is 65.9 Å².